The number of aromatic nitrogens is 7. The molecule has 2 N–H and O–H groups in total. The first-order chi connectivity index (χ1) is 21.1. The van der Waals surface area contributed by atoms with Gasteiger partial charge in [-0.2, -0.15) is 17.9 Å². The van der Waals surface area contributed by atoms with Gasteiger partial charge in [-0.05, 0) is 61.5 Å². The molecule has 0 amide bonds. The number of hydrogen-bond acceptors (Lipinski definition) is 8. The number of halogens is 5. The fourth-order valence-electron chi connectivity index (χ4n) is 4.07. The summed E-state index contributed by atoms with van der Waals surface area (Å²) in [6, 6.07) is 8.97. The SMILES string of the molecule is CC(O)(C(=O)O)c1nc(Cn2nc(-c3ccc(Cl)cc3)n(CC(O[Si](C)(C)C(C)(C)C)C(F)(F)F)c2=O)nn1-c1ncccc1Cl. The van der Waals surface area contributed by atoms with Crippen LogP contribution in [0.2, 0.25) is 28.2 Å². The van der Waals surface area contributed by atoms with Crippen molar-refractivity contribution in [1.29, 1.82) is 0 Å². The molecule has 3 heterocycles. The minimum Gasteiger partial charge on any atom is -0.479 e. The Morgan fingerprint density at radius 3 is 2.24 bits per heavy atom. The smallest absolute Gasteiger partial charge is 0.415 e. The molecule has 0 aliphatic carbocycles. The first-order valence-electron chi connectivity index (χ1n) is 13.8. The third-order valence-corrected chi connectivity index (χ3v) is 12.7. The number of aliphatic hydroxyl groups is 1. The molecule has 18 heteroatoms. The van der Waals surface area contributed by atoms with E-state index < -0.39 is 61.8 Å². The summed E-state index contributed by atoms with van der Waals surface area (Å²) in [5.41, 5.74) is -3.23. The molecule has 46 heavy (non-hydrogen) atoms. The lowest BCUT2D eigenvalue weighted by atomic mass is 10.1. The molecule has 2 atom stereocenters. The largest absolute Gasteiger partial charge is 0.479 e. The minimum absolute atomic E-state index is 0.0489. The summed E-state index contributed by atoms with van der Waals surface area (Å²) >= 11 is 12.3. The molecule has 4 aromatic rings. The van der Waals surface area contributed by atoms with E-state index in [4.69, 9.17) is 27.6 Å². The van der Waals surface area contributed by atoms with E-state index in [0.717, 1.165) is 20.9 Å². The zero-order chi connectivity index (χ0) is 34.4. The summed E-state index contributed by atoms with van der Waals surface area (Å²) < 4.78 is 51.7. The third kappa shape index (κ3) is 7.20. The highest BCUT2D eigenvalue weighted by atomic mass is 35.5. The Hall–Kier alpha value is -3.57. The van der Waals surface area contributed by atoms with E-state index in [9.17, 15) is 33.0 Å². The minimum atomic E-state index is -4.83. The molecular formula is C28H32Cl2F3N7O5Si. The van der Waals surface area contributed by atoms with Crippen molar-refractivity contribution in [1.82, 2.24) is 34.1 Å². The molecule has 0 radical (unpaired) electrons. The number of pyridine rings is 1. The lowest BCUT2D eigenvalue weighted by Gasteiger charge is -2.39. The summed E-state index contributed by atoms with van der Waals surface area (Å²) in [6.07, 6.45) is -5.81. The monoisotopic (exact) mass is 701 g/mol. The van der Waals surface area contributed by atoms with Gasteiger partial charge in [0.1, 0.15) is 6.54 Å². The molecule has 0 saturated heterocycles. The number of alkyl halides is 3. The van der Waals surface area contributed by atoms with Crippen LogP contribution in [0, 0.1) is 0 Å². The molecule has 0 bridgehead atoms. The van der Waals surface area contributed by atoms with Gasteiger partial charge in [-0.25, -0.2) is 24.2 Å². The first kappa shape index (κ1) is 35.3. The highest BCUT2D eigenvalue weighted by Gasteiger charge is 2.48. The zero-order valence-corrected chi connectivity index (χ0v) is 28.2. The van der Waals surface area contributed by atoms with Crippen molar-refractivity contribution in [3.8, 4) is 17.2 Å². The average Bonchev–Trinajstić information content (AvgIpc) is 3.49. The molecule has 3 aromatic heterocycles. The van der Waals surface area contributed by atoms with Crippen LogP contribution in [0.3, 0.4) is 0 Å². The van der Waals surface area contributed by atoms with E-state index in [-0.39, 0.29) is 22.5 Å². The Morgan fingerprint density at radius 2 is 1.70 bits per heavy atom. The number of rotatable bonds is 10. The van der Waals surface area contributed by atoms with Gasteiger partial charge in [-0.15, -0.1) is 10.2 Å². The van der Waals surface area contributed by atoms with Crippen molar-refractivity contribution in [3.05, 3.63) is 74.8 Å². The van der Waals surface area contributed by atoms with Crippen molar-refractivity contribution < 1.29 is 32.6 Å². The predicted octanol–water partition coefficient (Wildman–Crippen LogP) is 5.29. The Balaban J connectivity index is 1.85. The van der Waals surface area contributed by atoms with Crippen LogP contribution in [0.5, 0.6) is 0 Å². The van der Waals surface area contributed by atoms with Gasteiger partial charge in [0.25, 0.3) is 0 Å². The number of carboxylic acid groups (broad SMARTS) is 1. The summed E-state index contributed by atoms with van der Waals surface area (Å²) in [7, 11) is -2.97. The maximum absolute atomic E-state index is 14.4. The molecule has 2 unspecified atom stereocenters. The molecule has 248 valence electrons. The lowest BCUT2D eigenvalue weighted by molar-refractivity contribution is -0.202. The zero-order valence-electron chi connectivity index (χ0n) is 25.7. The second-order valence-corrected chi connectivity index (χ2v) is 17.8. The highest BCUT2D eigenvalue weighted by molar-refractivity contribution is 6.74. The van der Waals surface area contributed by atoms with Gasteiger partial charge in [0.2, 0.25) is 5.60 Å². The number of aliphatic carboxylic acids is 1. The van der Waals surface area contributed by atoms with Gasteiger partial charge >= 0.3 is 17.8 Å². The van der Waals surface area contributed by atoms with Gasteiger partial charge in [0.15, 0.2) is 37.7 Å². The highest BCUT2D eigenvalue weighted by Crippen LogP contribution is 2.40. The van der Waals surface area contributed by atoms with Crippen LogP contribution in [-0.2, 0) is 27.9 Å². The molecule has 1 aromatic carbocycles. The standard InChI is InChI=1S/C28H32Cl2F3N7O5Si/c1-26(2,3)46(5,6)45-19(28(31,32)33)14-38-21(16-9-11-17(29)12-10-16)37-39(25(38)43)15-20-35-23(27(4,44)24(41)42)40(36-20)22-18(30)8-7-13-34-22/h7-13,19,44H,14-15H2,1-6H3,(H,41,42). The normalized spacial score (nSPS) is 14.7. The van der Waals surface area contributed by atoms with Gasteiger partial charge in [0.05, 0.1) is 11.6 Å². The van der Waals surface area contributed by atoms with Crippen molar-refractivity contribution in [3.63, 3.8) is 0 Å². The van der Waals surface area contributed by atoms with Crippen LogP contribution >= 0.6 is 23.2 Å². The van der Waals surface area contributed by atoms with E-state index in [0.29, 0.717) is 10.6 Å². The van der Waals surface area contributed by atoms with E-state index in [1.807, 2.05) is 0 Å². The van der Waals surface area contributed by atoms with Gasteiger partial charge < -0.3 is 14.6 Å². The number of hydrogen-bond donors (Lipinski definition) is 2. The molecule has 4 rings (SSSR count). The number of carbonyl (C=O) groups is 1. The fraction of sp³-hybridized carbons (Fsp3) is 0.429. The Labute approximate surface area is 272 Å². The third-order valence-electron chi connectivity index (χ3n) is 7.72. The summed E-state index contributed by atoms with van der Waals surface area (Å²) in [6.45, 7) is 8.30. The number of carboxylic acids is 1. The van der Waals surface area contributed by atoms with Crippen LogP contribution in [-0.4, -0.2) is 70.9 Å². The molecule has 0 aliphatic rings. The Morgan fingerprint density at radius 1 is 1.07 bits per heavy atom. The molecular weight excluding hydrogens is 670 g/mol. The summed E-state index contributed by atoms with van der Waals surface area (Å²) in [5.74, 6) is -2.53. The van der Waals surface area contributed by atoms with Crippen LogP contribution in [0.4, 0.5) is 13.2 Å². The molecule has 0 aliphatic heterocycles. The van der Waals surface area contributed by atoms with Crippen LogP contribution < -0.4 is 5.69 Å². The Kier molecular flexibility index (Phi) is 9.63. The lowest BCUT2D eigenvalue weighted by Crippen LogP contribution is -2.50. The maximum atomic E-state index is 14.4. The first-order valence-corrected chi connectivity index (χ1v) is 17.5. The average molecular weight is 703 g/mol. The molecule has 12 nitrogen and oxygen atoms in total. The maximum Gasteiger partial charge on any atom is 0.415 e. The second kappa shape index (κ2) is 12.6. The van der Waals surface area contributed by atoms with E-state index in [1.165, 1.54) is 42.6 Å². The van der Waals surface area contributed by atoms with Crippen molar-refractivity contribution >= 4 is 37.5 Å². The molecule has 0 spiro atoms. The van der Waals surface area contributed by atoms with Crippen LogP contribution in [0.25, 0.3) is 17.2 Å². The molecule has 0 fully saturated rings. The second-order valence-electron chi connectivity index (χ2n) is 12.2. The number of nitrogens with zero attached hydrogens (tertiary/aromatic N) is 7. The van der Waals surface area contributed by atoms with E-state index in [2.05, 4.69) is 20.2 Å². The number of benzene rings is 1. The molecule has 0 saturated carbocycles. The van der Waals surface area contributed by atoms with Crippen molar-refractivity contribution in [2.45, 2.75) is 76.8 Å². The fourth-order valence-corrected chi connectivity index (χ4v) is 5.67. The van der Waals surface area contributed by atoms with Crippen molar-refractivity contribution in [2.24, 2.45) is 0 Å². The summed E-state index contributed by atoms with van der Waals surface area (Å²) in [5, 5.41) is 28.8. The predicted molar refractivity (Wildman–Crippen MR) is 166 cm³/mol. The van der Waals surface area contributed by atoms with Gasteiger partial charge in [0, 0.05) is 16.8 Å². The van der Waals surface area contributed by atoms with E-state index >= 15 is 0 Å². The Bertz CT molecular complexity index is 1800. The summed E-state index contributed by atoms with van der Waals surface area (Å²) in [4.78, 5) is 33.9. The van der Waals surface area contributed by atoms with Gasteiger partial charge in [-0.3, -0.25) is 4.57 Å². The quantitative estimate of drug-likeness (QED) is 0.210. The van der Waals surface area contributed by atoms with Crippen molar-refractivity contribution in [2.75, 3.05) is 0 Å². The van der Waals surface area contributed by atoms with Crippen LogP contribution in [0.1, 0.15) is 39.3 Å². The van der Waals surface area contributed by atoms with E-state index in [1.54, 1.807) is 33.9 Å². The van der Waals surface area contributed by atoms with Crippen LogP contribution in [0.15, 0.2) is 47.4 Å². The van der Waals surface area contributed by atoms with Gasteiger partial charge in [-0.1, -0.05) is 44.0 Å². The topological polar surface area (TPSA) is 150 Å².